The van der Waals surface area contributed by atoms with Crippen LogP contribution in [0.4, 0.5) is 5.82 Å². The molecule has 1 aliphatic carbocycles. The summed E-state index contributed by atoms with van der Waals surface area (Å²) in [5.74, 6) is 0.0153. The number of nitrogens with zero attached hydrogens (tertiary/aromatic N) is 2. The lowest BCUT2D eigenvalue weighted by Gasteiger charge is -2.12. The predicted octanol–water partition coefficient (Wildman–Crippen LogP) is 3.90. The number of nitriles is 1. The Labute approximate surface area is 180 Å². The van der Waals surface area contributed by atoms with Crippen molar-refractivity contribution in [1.29, 1.82) is 5.26 Å². The normalized spacial score (nSPS) is 12.3. The maximum atomic E-state index is 12.5. The highest BCUT2D eigenvalue weighted by atomic mass is 16.5. The summed E-state index contributed by atoms with van der Waals surface area (Å²) < 4.78 is 12.4. The number of hydrogen-bond donors (Lipinski definition) is 1. The van der Waals surface area contributed by atoms with Gasteiger partial charge < -0.3 is 19.0 Å². The lowest BCUT2D eigenvalue weighted by molar-refractivity contribution is -0.119. The Morgan fingerprint density at radius 2 is 2.03 bits per heavy atom. The highest BCUT2D eigenvalue weighted by molar-refractivity contribution is 5.96. The van der Waals surface area contributed by atoms with Crippen molar-refractivity contribution < 1.29 is 18.7 Å². The van der Waals surface area contributed by atoms with Crippen molar-refractivity contribution >= 4 is 17.7 Å². The van der Waals surface area contributed by atoms with E-state index in [1.807, 2.05) is 36.6 Å². The topological polar surface area (TPSA) is 97.3 Å². The SMILES string of the molecule is Cc1c(C#N)c(NC(=O)COC(=O)c2ccc3c(c2)CCC3)n(Cc2ccco2)c1C. The monoisotopic (exact) mass is 417 g/mol. The van der Waals surface area contributed by atoms with Crippen molar-refractivity contribution in [3.8, 4) is 6.07 Å². The molecule has 7 nitrogen and oxygen atoms in total. The van der Waals surface area contributed by atoms with Gasteiger partial charge in [-0.05, 0) is 74.1 Å². The molecule has 1 amide bonds. The molecule has 2 aromatic heterocycles. The van der Waals surface area contributed by atoms with Gasteiger partial charge >= 0.3 is 5.97 Å². The zero-order valence-corrected chi connectivity index (χ0v) is 17.5. The first-order chi connectivity index (χ1) is 15.0. The molecule has 0 fully saturated rings. The van der Waals surface area contributed by atoms with Gasteiger partial charge in [-0.2, -0.15) is 5.26 Å². The van der Waals surface area contributed by atoms with Gasteiger partial charge in [-0.15, -0.1) is 0 Å². The number of anilines is 1. The van der Waals surface area contributed by atoms with Crippen molar-refractivity contribution in [2.45, 2.75) is 39.7 Å². The third kappa shape index (κ3) is 4.10. The molecule has 0 aliphatic heterocycles. The fourth-order valence-corrected chi connectivity index (χ4v) is 3.97. The second-order valence-corrected chi connectivity index (χ2v) is 7.67. The Morgan fingerprint density at radius 3 is 2.77 bits per heavy atom. The summed E-state index contributed by atoms with van der Waals surface area (Å²) in [5.41, 5.74) is 4.87. The highest BCUT2D eigenvalue weighted by Crippen LogP contribution is 2.27. The van der Waals surface area contributed by atoms with E-state index in [0.717, 1.165) is 30.5 Å². The third-order valence-electron chi connectivity index (χ3n) is 5.76. The number of carbonyl (C=O) groups is 2. The van der Waals surface area contributed by atoms with Crippen LogP contribution in [0, 0.1) is 25.2 Å². The fraction of sp³-hybridized carbons (Fsp3) is 0.292. The van der Waals surface area contributed by atoms with Crippen LogP contribution in [0.2, 0.25) is 0 Å². The largest absolute Gasteiger partial charge is 0.467 e. The first-order valence-corrected chi connectivity index (χ1v) is 10.2. The summed E-state index contributed by atoms with van der Waals surface area (Å²) in [6.45, 7) is 3.63. The molecule has 1 aromatic carbocycles. The molecule has 31 heavy (non-hydrogen) atoms. The maximum absolute atomic E-state index is 12.5. The van der Waals surface area contributed by atoms with Crippen molar-refractivity contribution in [1.82, 2.24) is 4.57 Å². The number of amides is 1. The number of esters is 1. The van der Waals surface area contributed by atoms with E-state index in [9.17, 15) is 14.9 Å². The summed E-state index contributed by atoms with van der Waals surface area (Å²) in [4.78, 5) is 24.9. The average molecular weight is 417 g/mol. The van der Waals surface area contributed by atoms with Crippen LogP contribution in [-0.4, -0.2) is 23.1 Å². The van der Waals surface area contributed by atoms with Crippen molar-refractivity contribution in [2.24, 2.45) is 0 Å². The van der Waals surface area contributed by atoms with Crippen LogP contribution in [0.15, 0.2) is 41.0 Å². The second-order valence-electron chi connectivity index (χ2n) is 7.67. The van der Waals surface area contributed by atoms with Gasteiger partial charge in [-0.25, -0.2) is 4.79 Å². The molecule has 0 atom stereocenters. The molecule has 158 valence electrons. The standard InChI is InChI=1S/C24H23N3O4/c1-15-16(2)27(13-20-7-4-10-30-20)23(21(15)12-25)26-22(28)14-31-24(29)19-9-8-17-5-3-6-18(17)11-19/h4,7-11H,3,5-6,13-14H2,1-2H3,(H,26,28). The Bertz CT molecular complexity index is 1180. The van der Waals surface area contributed by atoms with Crippen LogP contribution in [0.1, 0.15) is 50.5 Å². The van der Waals surface area contributed by atoms with Gasteiger partial charge in [0.05, 0.1) is 23.9 Å². The molecule has 0 spiro atoms. The fourth-order valence-electron chi connectivity index (χ4n) is 3.97. The predicted molar refractivity (Wildman–Crippen MR) is 114 cm³/mol. The van der Waals surface area contributed by atoms with Gasteiger partial charge in [0.1, 0.15) is 17.6 Å². The van der Waals surface area contributed by atoms with Gasteiger partial charge in [0.25, 0.3) is 5.91 Å². The van der Waals surface area contributed by atoms with Crippen LogP contribution in [0.25, 0.3) is 0 Å². The Morgan fingerprint density at radius 1 is 1.23 bits per heavy atom. The maximum Gasteiger partial charge on any atom is 0.338 e. The van der Waals surface area contributed by atoms with E-state index >= 15 is 0 Å². The molecular formula is C24H23N3O4. The number of ether oxygens (including phenoxy) is 1. The number of aryl methyl sites for hydroxylation is 2. The van der Waals surface area contributed by atoms with E-state index in [4.69, 9.17) is 9.15 Å². The van der Waals surface area contributed by atoms with Crippen molar-refractivity contribution in [2.75, 3.05) is 11.9 Å². The van der Waals surface area contributed by atoms with E-state index in [-0.39, 0.29) is 0 Å². The summed E-state index contributed by atoms with van der Waals surface area (Å²) in [5, 5.41) is 12.3. The average Bonchev–Trinajstić information content (AvgIpc) is 3.49. The first-order valence-electron chi connectivity index (χ1n) is 10.2. The second kappa shape index (κ2) is 8.52. The smallest absolute Gasteiger partial charge is 0.338 e. The Balaban J connectivity index is 1.46. The van der Waals surface area contributed by atoms with Crippen LogP contribution < -0.4 is 5.32 Å². The number of rotatable bonds is 6. The molecule has 0 saturated heterocycles. The zero-order chi connectivity index (χ0) is 22.0. The van der Waals surface area contributed by atoms with Crippen LogP contribution in [-0.2, 0) is 28.9 Å². The molecule has 0 saturated carbocycles. The van der Waals surface area contributed by atoms with Crippen LogP contribution >= 0.6 is 0 Å². The van der Waals surface area contributed by atoms with Gasteiger partial charge in [-0.1, -0.05) is 6.07 Å². The number of carbonyl (C=O) groups excluding carboxylic acids is 2. The minimum absolute atomic E-state index is 0.367. The summed E-state index contributed by atoms with van der Waals surface area (Å²) in [6, 6.07) is 11.3. The Kier molecular flexibility index (Phi) is 5.63. The molecular weight excluding hydrogens is 394 g/mol. The lowest BCUT2D eigenvalue weighted by atomic mass is 10.1. The molecule has 0 unspecified atom stereocenters. The van der Waals surface area contributed by atoms with E-state index in [1.165, 1.54) is 11.1 Å². The quantitative estimate of drug-likeness (QED) is 0.614. The van der Waals surface area contributed by atoms with Crippen LogP contribution in [0.3, 0.4) is 0 Å². The third-order valence-corrected chi connectivity index (χ3v) is 5.76. The highest BCUT2D eigenvalue weighted by Gasteiger charge is 2.21. The van der Waals surface area contributed by atoms with E-state index in [2.05, 4.69) is 11.4 Å². The molecule has 2 heterocycles. The number of nitrogens with one attached hydrogen (secondary N) is 1. The van der Waals surface area contributed by atoms with E-state index in [1.54, 1.807) is 18.4 Å². The summed E-state index contributed by atoms with van der Waals surface area (Å²) in [6.07, 6.45) is 4.65. The van der Waals surface area contributed by atoms with Gasteiger partial charge in [0.2, 0.25) is 0 Å². The van der Waals surface area contributed by atoms with Gasteiger partial charge in [-0.3, -0.25) is 4.79 Å². The number of furan rings is 1. The van der Waals surface area contributed by atoms with Crippen LogP contribution in [0.5, 0.6) is 0 Å². The first kappa shape index (κ1) is 20.5. The minimum atomic E-state index is -0.538. The van der Waals surface area contributed by atoms with Gasteiger partial charge in [0.15, 0.2) is 6.61 Å². The number of hydrogen-bond acceptors (Lipinski definition) is 5. The molecule has 7 heteroatoms. The molecule has 0 radical (unpaired) electrons. The molecule has 3 aromatic rings. The molecule has 1 aliphatic rings. The zero-order valence-electron chi connectivity index (χ0n) is 17.5. The molecule has 0 bridgehead atoms. The van der Waals surface area contributed by atoms with E-state index < -0.39 is 18.5 Å². The minimum Gasteiger partial charge on any atom is -0.467 e. The number of aromatic nitrogens is 1. The van der Waals surface area contributed by atoms with E-state index in [0.29, 0.717) is 29.2 Å². The van der Waals surface area contributed by atoms with Crippen molar-refractivity contribution in [3.63, 3.8) is 0 Å². The van der Waals surface area contributed by atoms with Crippen molar-refractivity contribution in [3.05, 3.63) is 75.9 Å². The molecule has 1 N–H and O–H groups in total. The number of benzene rings is 1. The van der Waals surface area contributed by atoms with Gasteiger partial charge in [0, 0.05) is 5.69 Å². The summed E-state index contributed by atoms with van der Waals surface area (Å²) >= 11 is 0. The number of fused-ring (bicyclic) bond motifs is 1. The molecule has 4 rings (SSSR count). The summed E-state index contributed by atoms with van der Waals surface area (Å²) in [7, 11) is 0. The lowest BCUT2D eigenvalue weighted by Crippen LogP contribution is -2.23. The Hall–Kier alpha value is -3.79.